The molecule has 0 aliphatic carbocycles. The molecule has 2 aromatic carbocycles. The molecule has 0 unspecified atom stereocenters. The minimum absolute atomic E-state index is 0.0276. The summed E-state index contributed by atoms with van der Waals surface area (Å²) < 4.78 is 26.4. The molecule has 0 saturated heterocycles. The van der Waals surface area contributed by atoms with E-state index in [1.54, 1.807) is 38.2 Å². The predicted octanol–water partition coefficient (Wildman–Crippen LogP) is 3.60. The Morgan fingerprint density at radius 3 is 1.88 bits per heavy atom. The minimum Gasteiger partial charge on any atom is -0.355 e. The molecule has 0 heterocycles. The highest BCUT2D eigenvalue weighted by Gasteiger charge is 2.15. The molecule has 25 heavy (non-hydrogen) atoms. The van der Waals surface area contributed by atoms with Crippen molar-refractivity contribution in [3.63, 3.8) is 0 Å². The molecule has 2 N–H and O–H groups in total. The van der Waals surface area contributed by atoms with Gasteiger partial charge in [-0.2, -0.15) is 0 Å². The summed E-state index contributed by atoms with van der Waals surface area (Å²) in [5, 5.41) is 5.78. The summed E-state index contributed by atoms with van der Waals surface area (Å²) in [4.78, 5) is 11.8. The molecule has 0 spiro atoms. The smallest absolute Gasteiger partial charge is 0.236 e. The number of likely N-dealkylation sites (N-methyl/N-ethyl adjacent to an activating group) is 1. The second-order valence-corrected chi connectivity index (χ2v) is 6.10. The van der Waals surface area contributed by atoms with Crippen LogP contribution in [0.25, 0.3) is 0 Å². The summed E-state index contributed by atoms with van der Waals surface area (Å²) in [5.41, 5.74) is 1.95. The summed E-state index contributed by atoms with van der Waals surface area (Å²) in [6.07, 6.45) is 1.53. The van der Waals surface area contributed by atoms with Crippen molar-refractivity contribution in [2.24, 2.45) is 0 Å². The summed E-state index contributed by atoms with van der Waals surface area (Å²) in [7, 11) is 1.74. The van der Waals surface area contributed by atoms with Crippen LogP contribution in [0.5, 0.6) is 0 Å². The number of hydrogen-bond acceptors (Lipinski definition) is 2. The summed E-state index contributed by atoms with van der Waals surface area (Å²) in [6, 6.07) is 12.5. The minimum atomic E-state index is -0.282. The van der Waals surface area contributed by atoms with Crippen molar-refractivity contribution in [1.82, 2.24) is 10.6 Å². The number of carbonyl (C=O) groups excluding carboxylic acids is 1. The Labute approximate surface area is 147 Å². The van der Waals surface area contributed by atoms with Gasteiger partial charge in [0.15, 0.2) is 0 Å². The molecule has 2 aromatic rings. The molecule has 0 aromatic heterocycles. The van der Waals surface area contributed by atoms with Gasteiger partial charge in [0.25, 0.3) is 0 Å². The van der Waals surface area contributed by atoms with Crippen molar-refractivity contribution in [3.05, 3.63) is 71.3 Å². The van der Waals surface area contributed by atoms with Gasteiger partial charge >= 0.3 is 0 Å². The van der Waals surface area contributed by atoms with Gasteiger partial charge in [-0.15, -0.1) is 0 Å². The Bertz CT molecular complexity index is 626. The van der Waals surface area contributed by atoms with E-state index in [0.29, 0.717) is 6.54 Å². The highest BCUT2D eigenvalue weighted by atomic mass is 19.1. The molecule has 0 radical (unpaired) electrons. The first-order valence-corrected chi connectivity index (χ1v) is 8.47. The van der Waals surface area contributed by atoms with Crippen LogP contribution in [0, 0.1) is 11.6 Å². The number of hydrogen-bond donors (Lipinski definition) is 2. The normalized spacial score (nSPS) is 12.2. The lowest BCUT2D eigenvalue weighted by Crippen LogP contribution is -2.40. The average molecular weight is 346 g/mol. The third-order valence-electron chi connectivity index (χ3n) is 4.34. The van der Waals surface area contributed by atoms with Crippen molar-refractivity contribution in [1.29, 1.82) is 0 Å². The molecule has 1 amide bonds. The fourth-order valence-corrected chi connectivity index (χ4v) is 2.72. The van der Waals surface area contributed by atoms with Crippen LogP contribution in [0.1, 0.15) is 36.8 Å². The maximum atomic E-state index is 13.2. The lowest BCUT2D eigenvalue weighted by atomic mass is 9.87. The van der Waals surface area contributed by atoms with Crippen molar-refractivity contribution in [2.75, 3.05) is 13.6 Å². The van der Waals surface area contributed by atoms with Crippen molar-refractivity contribution >= 4 is 5.91 Å². The lowest BCUT2D eigenvalue weighted by molar-refractivity contribution is -0.122. The number of carbonyl (C=O) groups is 1. The highest BCUT2D eigenvalue weighted by molar-refractivity contribution is 5.81. The maximum absolute atomic E-state index is 13.2. The predicted molar refractivity (Wildman–Crippen MR) is 95.4 cm³/mol. The van der Waals surface area contributed by atoms with Crippen LogP contribution in [-0.4, -0.2) is 25.5 Å². The highest BCUT2D eigenvalue weighted by Crippen LogP contribution is 2.29. The molecule has 1 atom stereocenters. The molecule has 0 fully saturated rings. The Kier molecular flexibility index (Phi) is 7.07. The van der Waals surface area contributed by atoms with Gasteiger partial charge in [0, 0.05) is 12.5 Å². The second-order valence-electron chi connectivity index (χ2n) is 6.10. The topological polar surface area (TPSA) is 41.1 Å². The molecule has 0 saturated carbocycles. The zero-order valence-corrected chi connectivity index (χ0v) is 14.6. The molecule has 2 rings (SSSR count). The Balaban J connectivity index is 2.04. The summed E-state index contributed by atoms with van der Waals surface area (Å²) in [5.74, 6) is -0.577. The summed E-state index contributed by atoms with van der Waals surface area (Å²) in [6.45, 7) is 2.36. The largest absolute Gasteiger partial charge is 0.355 e. The molecular weight excluding hydrogens is 322 g/mol. The van der Waals surface area contributed by atoms with Gasteiger partial charge in [0.1, 0.15) is 11.6 Å². The van der Waals surface area contributed by atoms with Gasteiger partial charge in [0.2, 0.25) is 5.91 Å². The van der Waals surface area contributed by atoms with E-state index in [1.807, 2.05) is 0 Å². The van der Waals surface area contributed by atoms with Crippen molar-refractivity contribution in [2.45, 2.75) is 31.7 Å². The van der Waals surface area contributed by atoms with Gasteiger partial charge in [-0.25, -0.2) is 8.78 Å². The second kappa shape index (κ2) is 9.28. The fraction of sp³-hybridized carbons (Fsp3) is 0.350. The Hall–Kier alpha value is -2.27. The van der Waals surface area contributed by atoms with Crippen LogP contribution in [0.4, 0.5) is 8.78 Å². The summed E-state index contributed by atoms with van der Waals surface area (Å²) >= 11 is 0. The van der Waals surface area contributed by atoms with E-state index >= 15 is 0 Å². The van der Waals surface area contributed by atoms with Crippen LogP contribution >= 0.6 is 0 Å². The number of halogens is 2. The number of amides is 1. The van der Waals surface area contributed by atoms with E-state index in [9.17, 15) is 13.6 Å². The van der Waals surface area contributed by atoms with Crippen molar-refractivity contribution < 1.29 is 13.6 Å². The van der Waals surface area contributed by atoms with Gasteiger partial charge in [-0.1, -0.05) is 24.3 Å². The first kappa shape index (κ1) is 19.1. The van der Waals surface area contributed by atoms with Gasteiger partial charge < -0.3 is 10.6 Å². The fourth-order valence-electron chi connectivity index (χ4n) is 2.72. The van der Waals surface area contributed by atoms with E-state index in [1.165, 1.54) is 24.3 Å². The Morgan fingerprint density at radius 1 is 0.960 bits per heavy atom. The zero-order chi connectivity index (χ0) is 18.2. The zero-order valence-electron chi connectivity index (χ0n) is 14.6. The molecule has 3 nitrogen and oxygen atoms in total. The van der Waals surface area contributed by atoms with Crippen molar-refractivity contribution in [3.8, 4) is 0 Å². The molecule has 0 bridgehead atoms. The number of rotatable bonds is 8. The third kappa shape index (κ3) is 5.64. The quantitative estimate of drug-likeness (QED) is 0.717. The molecule has 5 heteroatoms. The molecule has 134 valence electrons. The molecule has 0 aliphatic heterocycles. The first-order valence-electron chi connectivity index (χ1n) is 8.47. The van der Waals surface area contributed by atoms with Crippen LogP contribution in [0.2, 0.25) is 0 Å². The van der Waals surface area contributed by atoms with E-state index < -0.39 is 0 Å². The third-order valence-corrected chi connectivity index (χ3v) is 4.34. The average Bonchev–Trinajstić information content (AvgIpc) is 2.63. The standard InChI is InChI=1S/C20H24F2N2O/c1-14(23-2)20(25)24-13-3-4-19(15-5-9-17(21)10-6-15)16-7-11-18(22)12-8-16/h5-12,14,19,23H,3-4,13H2,1-2H3,(H,24,25)/t14-/m1/s1. The van der Waals surface area contributed by atoms with Crippen LogP contribution in [-0.2, 0) is 4.79 Å². The molecular formula is C20H24F2N2O. The maximum Gasteiger partial charge on any atom is 0.236 e. The SMILES string of the molecule is CN[C@H](C)C(=O)NCCCC(c1ccc(F)cc1)c1ccc(F)cc1. The van der Waals surface area contributed by atoms with E-state index in [0.717, 1.165) is 24.0 Å². The Morgan fingerprint density at radius 2 is 1.44 bits per heavy atom. The van der Waals surface area contributed by atoms with Gasteiger partial charge in [0.05, 0.1) is 6.04 Å². The van der Waals surface area contributed by atoms with Gasteiger partial charge in [-0.05, 0) is 62.2 Å². The van der Waals surface area contributed by atoms with Crippen LogP contribution < -0.4 is 10.6 Å². The number of benzene rings is 2. The molecule has 0 aliphatic rings. The monoisotopic (exact) mass is 346 g/mol. The van der Waals surface area contributed by atoms with E-state index in [2.05, 4.69) is 10.6 Å². The van der Waals surface area contributed by atoms with Crippen LogP contribution in [0.3, 0.4) is 0 Å². The van der Waals surface area contributed by atoms with E-state index in [-0.39, 0.29) is 29.5 Å². The number of nitrogens with one attached hydrogen (secondary N) is 2. The lowest BCUT2D eigenvalue weighted by Gasteiger charge is -2.19. The van der Waals surface area contributed by atoms with Gasteiger partial charge in [-0.3, -0.25) is 4.79 Å². The first-order chi connectivity index (χ1) is 12.0. The van der Waals surface area contributed by atoms with Crippen LogP contribution in [0.15, 0.2) is 48.5 Å². The van der Waals surface area contributed by atoms with E-state index in [4.69, 9.17) is 0 Å².